The number of hydrogen-bond donors (Lipinski definition) is 0. The topological polar surface area (TPSA) is 104 Å². The lowest BCUT2D eigenvalue weighted by Crippen LogP contribution is -2.54. The number of methoxy groups -OCH3 is 1. The minimum Gasteiger partial charge on any atom is -0.490 e. The van der Waals surface area contributed by atoms with E-state index in [0.29, 0.717) is 36.3 Å². The van der Waals surface area contributed by atoms with Crippen molar-refractivity contribution >= 4 is 23.6 Å². The highest BCUT2D eigenvalue weighted by atomic mass is 19.1. The van der Waals surface area contributed by atoms with Crippen molar-refractivity contribution < 1.29 is 28.4 Å². The number of esters is 1. The molecule has 0 N–H and O–H groups in total. The largest absolute Gasteiger partial charge is 0.490 e. The van der Waals surface area contributed by atoms with E-state index in [2.05, 4.69) is 5.16 Å². The molecule has 2 aliphatic heterocycles. The highest BCUT2D eigenvalue weighted by Gasteiger charge is 2.57. The normalized spacial score (nSPS) is 20.6. The van der Waals surface area contributed by atoms with Gasteiger partial charge < -0.3 is 19.2 Å². The van der Waals surface area contributed by atoms with Gasteiger partial charge in [-0.15, -0.1) is 0 Å². The second kappa shape index (κ2) is 8.89. The van der Waals surface area contributed by atoms with E-state index in [9.17, 15) is 19.3 Å². The molecule has 0 aliphatic carbocycles. The van der Waals surface area contributed by atoms with Gasteiger partial charge in [-0.25, -0.2) is 9.18 Å². The number of oxime groups is 1. The second-order valence-electron chi connectivity index (χ2n) is 7.49. The van der Waals surface area contributed by atoms with Crippen LogP contribution >= 0.6 is 0 Å². The Morgan fingerprint density at radius 2 is 2.09 bits per heavy atom. The van der Waals surface area contributed by atoms with Crippen molar-refractivity contribution in [2.45, 2.75) is 25.5 Å². The number of fused-ring (bicyclic) bond motifs is 1. The summed E-state index contributed by atoms with van der Waals surface area (Å²) in [5.74, 6) is -0.494. The fourth-order valence-electron chi connectivity index (χ4n) is 4.04. The number of carbonyl (C=O) groups excluding carboxylic acids is 1. The van der Waals surface area contributed by atoms with Crippen molar-refractivity contribution in [2.24, 2.45) is 5.16 Å². The van der Waals surface area contributed by atoms with Crippen LogP contribution in [0.25, 0.3) is 6.08 Å². The number of rotatable bonds is 6. The van der Waals surface area contributed by atoms with Crippen LogP contribution < -0.4 is 4.74 Å². The molecule has 2 heterocycles. The Bertz CT molecular complexity index is 1150. The molecule has 1 saturated heterocycles. The van der Waals surface area contributed by atoms with Crippen molar-refractivity contribution in [1.82, 2.24) is 4.90 Å². The summed E-state index contributed by atoms with van der Waals surface area (Å²) < 4.78 is 24.0. The van der Waals surface area contributed by atoms with Gasteiger partial charge in [0.1, 0.15) is 5.82 Å². The van der Waals surface area contributed by atoms with Crippen LogP contribution in [0.3, 0.4) is 0 Å². The summed E-state index contributed by atoms with van der Waals surface area (Å²) in [6.07, 6.45) is 3.17. The number of nitrogens with zero attached hydrogens (tertiary/aromatic N) is 3. The summed E-state index contributed by atoms with van der Waals surface area (Å²) in [7, 11) is 1.37. The molecule has 1 atom stereocenters. The molecule has 1 fully saturated rings. The molecule has 1 unspecified atom stereocenters. The van der Waals surface area contributed by atoms with Gasteiger partial charge in [-0.05, 0) is 73.4 Å². The van der Waals surface area contributed by atoms with Crippen molar-refractivity contribution in [2.75, 3.05) is 20.3 Å². The van der Waals surface area contributed by atoms with E-state index in [0.717, 1.165) is 5.57 Å². The number of carbonyl (C=O) groups is 1. The van der Waals surface area contributed by atoms with Crippen LogP contribution in [0.5, 0.6) is 5.75 Å². The van der Waals surface area contributed by atoms with Gasteiger partial charge >= 0.3 is 17.4 Å². The molecule has 0 aromatic heterocycles. The van der Waals surface area contributed by atoms with Crippen molar-refractivity contribution in [1.29, 1.82) is 0 Å². The predicted molar refractivity (Wildman–Crippen MR) is 117 cm³/mol. The molecular formula is C23H22FN3O6. The van der Waals surface area contributed by atoms with Crippen LogP contribution in [0.1, 0.15) is 30.9 Å². The predicted octanol–water partition coefficient (Wildman–Crippen LogP) is 3.98. The van der Waals surface area contributed by atoms with Crippen molar-refractivity contribution in [3.63, 3.8) is 0 Å². The zero-order chi connectivity index (χ0) is 23.6. The van der Waals surface area contributed by atoms with Crippen LogP contribution in [0, 0.1) is 15.9 Å². The van der Waals surface area contributed by atoms with Crippen LogP contribution in [0.2, 0.25) is 0 Å². The minimum atomic E-state index is -1.66. The number of benzene rings is 2. The SMILES string of the molecule is CCOC(=O)C1(c2ccc(F)cc2)ON=C2/C(=C/c3ccc([N+](=O)[O-])c(OC)c3)CCCN21. The summed E-state index contributed by atoms with van der Waals surface area (Å²) in [5.41, 5.74) is 0.0624. The van der Waals surface area contributed by atoms with Gasteiger partial charge in [0.25, 0.3) is 0 Å². The zero-order valence-electron chi connectivity index (χ0n) is 18.1. The highest BCUT2D eigenvalue weighted by molar-refractivity contribution is 6.06. The quantitative estimate of drug-likeness (QED) is 0.369. The minimum absolute atomic E-state index is 0.135. The van der Waals surface area contributed by atoms with Gasteiger partial charge in [0.05, 0.1) is 18.6 Å². The first-order chi connectivity index (χ1) is 15.9. The van der Waals surface area contributed by atoms with Gasteiger partial charge in [0.15, 0.2) is 11.6 Å². The molecule has 33 heavy (non-hydrogen) atoms. The Labute approximate surface area is 189 Å². The van der Waals surface area contributed by atoms with Crippen LogP contribution in [0.15, 0.2) is 53.2 Å². The molecule has 2 aromatic carbocycles. The maximum absolute atomic E-state index is 13.6. The molecule has 2 aromatic rings. The fourth-order valence-corrected chi connectivity index (χ4v) is 4.04. The number of amidine groups is 1. The Morgan fingerprint density at radius 1 is 1.33 bits per heavy atom. The molecule has 0 radical (unpaired) electrons. The highest BCUT2D eigenvalue weighted by Crippen LogP contribution is 2.41. The smallest absolute Gasteiger partial charge is 0.380 e. The third kappa shape index (κ3) is 3.88. The Morgan fingerprint density at radius 3 is 2.76 bits per heavy atom. The number of ether oxygens (including phenoxy) is 2. The van der Waals surface area contributed by atoms with Gasteiger partial charge in [0.2, 0.25) is 0 Å². The number of piperidine rings is 1. The molecule has 2 aliphatic rings. The number of nitro benzene ring substituents is 1. The lowest BCUT2D eigenvalue weighted by molar-refractivity contribution is -0.385. The van der Waals surface area contributed by atoms with Crippen LogP contribution in [-0.4, -0.2) is 41.9 Å². The number of nitro groups is 1. The van der Waals surface area contributed by atoms with Gasteiger partial charge in [0, 0.05) is 18.2 Å². The lowest BCUT2D eigenvalue weighted by atomic mass is 9.94. The maximum Gasteiger partial charge on any atom is 0.380 e. The summed E-state index contributed by atoms with van der Waals surface area (Å²) in [6, 6.07) is 10.0. The van der Waals surface area contributed by atoms with E-state index >= 15 is 0 Å². The summed E-state index contributed by atoms with van der Waals surface area (Å²) in [6.45, 7) is 2.30. The van der Waals surface area contributed by atoms with Gasteiger partial charge in [-0.3, -0.25) is 10.1 Å². The lowest BCUT2D eigenvalue weighted by Gasteiger charge is -2.37. The Kier molecular flexibility index (Phi) is 5.99. The molecule has 0 spiro atoms. The molecular weight excluding hydrogens is 433 g/mol. The molecule has 9 nitrogen and oxygen atoms in total. The van der Waals surface area contributed by atoms with E-state index in [1.165, 1.54) is 37.4 Å². The first kappa shape index (κ1) is 22.3. The molecule has 10 heteroatoms. The number of halogens is 1. The average Bonchev–Trinajstić information content (AvgIpc) is 3.21. The van der Waals surface area contributed by atoms with Crippen molar-refractivity contribution in [3.8, 4) is 5.75 Å². The third-order valence-corrected chi connectivity index (χ3v) is 5.54. The van der Waals surface area contributed by atoms with E-state index in [1.54, 1.807) is 24.0 Å². The Hall–Kier alpha value is -3.95. The zero-order valence-corrected chi connectivity index (χ0v) is 18.1. The van der Waals surface area contributed by atoms with E-state index in [-0.39, 0.29) is 18.0 Å². The second-order valence-corrected chi connectivity index (χ2v) is 7.49. The molecule has 4 rings (SSSR count). The molecule has 0 amide bonds. The van der Waals surface area contributed by atoms with Crippen LogP contribution in [0.4, 0.5) is 10.1 Å². The molecule has 172 valence electrons. The first-order valence-corrected chi connectivity index (χ1v) is 10.4. The fraction of sp³-hybridized carbons (Fsp3) is 0.304. The number of hydrogen-bond acceptors (Lipinski definition) is 8. The standard InChI is InChI=1S/C23H22FN3O6/c1-3-32-22(28)23(17-7-9-18(24)10-8-17)26-12-4-5-16(21(26)25-33-23)13-15-6-11-19(27(29)30)20(14-15)31-2/h6-11,13-14H,3-5,12H2,1-2H3/b16-13+. The van der Waals surface area contributed by atoms with Crippen molar-refractivity contribution in [3.05, 3.63) is 75.1 Å². The van der Waals surface area contributed by atoms with Gasteiger partial charge in [-0.1, -0.05) is 5.16 Å². The summed E-state index contributed by atoms with van der Waals surface area (Å²) in [4.78, 5) is 31.2. The van der Waals surface area contributed by atoms with Crippen LogP contribution in [-0.2, 0) is 20.1 Å². The maximum atomic E-state index is 13.6. The first-order valence-electron chi connectivity index (χ1n) is 10.4. The van der Waals surface area contributed by atoms with E-state index < -0.39 is 22.4 Å². The third-order valence-electron chi connectivity index (χ3n) is 5.54. The summed E-state index contributed by atoms with van der Waals surface area (Å²) in [5, 5.41) is 15.4. The monoisotopic (exact) mass is 455 g/mol. The average molecular weight is 455 g/mol. The van der Waals surface area contributed by atoms with Gasteiger partial charge in [-0.2, -0.15) is 0 Å². The molecule has 0 bridgehead atoms. The van der Waals surface area contributed by atoms with E-state index in [4.69, 9.17) is 14.3 Å². The molecule has 0 saturated carbocycles. The Balaban J connectivity index is 1.73. The van der Waals surface area contributed by atoms with E-state index in [1.807, 2.05) is 6.08 Å². The summed E-state index contributed by atoms with van der Waals surface area (Å²) >= 11 is 0.